The number of hydrogen-bond donors (Lipinski definition) is 2. The SMILES string of the molecule is CC(=O)Nc1ccc(NC(=O)CCCn2nc(-c3ccc(Cl)cc3)ccc2=O)cc1. The monoisotopic (exact) mass is 424 g/mol. The molecular formula is C22H21ClN4O3. The van der Waals surface area contributed by atoms with Crippen molar-refractivity contribution < 1.29 is 9.59 Å². The van der Waals surface area contributed by atoms with Crippen LogP contribution in [-0.2, 0) is 16.1 Å². The molecule has 2 N–H and O–H groups in total. The van der Waals surface area contributed by atoms with E-state index in [4.69, 9.17) is 11.6 Å². The van der Waals surface area contributed by atoms with Gasteiger partial charge in [-0.3, -0.25) is 14.4 Å². The van der Waals surface area contributed by atoms with Gasteiger partial charge < -0.3 is 10.6 Å². The molecule has 0 saturated carbocycles. The number of nitrogens with one attached hydrogen (secondary N) is 2. The number of anilines is 2. The van der Waals surface area contributed by atoms with Crippen molar-refractivity contribution in [1.82, 2.24) is 9.78 Å². The minimum Gasteiger partial charge on any atom is -0.326 e. The molecule has 2 aromatic carbocycles. The van der Waals surface area contributed by atoms with Gasteiger partial charge in [-0.1, -0.05) is 23.7 Å². The molecule has 30 heavy (non-hydrogen) atoms. The Balaban J connectivity index is 1.55. The van der Waals surface area contributed by atoms with E-state index in [-0.39, 0.29) is 23.8 Å². The smallest absolute Gasteiger partial charge is 0.266 e. The molecule has 0 bridgehead atoms. The first-order valence-corrected chi connectivity index (χ1v) is 9.80. The van der Waals surface area contributed by atoms with Crippen molar-refractivity contribution in [2.24, 2.45) is 0 Å². The zero-order chi connectivity index (χ0) is 21.5. The maximum atomic E-state index is 12.2. The molecule has 3 rings (SSSR count). The number of amides is 2. The number of aromatic nitrogens is 2. The Labute approximate surface area is 178 Å². The highest BCUT2D eigenvalue weighted by Crippen LogP contribution is 2.18. The van der Waals surface area contributed by atoms with Gasteiger partial charge >= 0.3 is 0 Å². The summed E-state index contributed by atoms with van der Waals surface area (Å²) in [5.41, 5.74) is 2.59. The Morgan fingerprint density at radius 1 is 0.933 bits per heavy atom. The van der Waals surface area contributed by atoms with Crippen LogP contribution in [0.2, 0.25) is 5.02 Å². The number of hydrogen-bond acceptors (Lipinski definition) is 4. The van der Waals surface area contributed by atoms with Crippen LogP contribution in [0.1, 0.15) is 19.8 Å². The predicted octanol–water partition coefficient (Wildman–Crippen LogP) is 3.94. The predicted molar refractivity (Wildman–Crippen MR) is 118 cm³/mol. The van der Waals surface area contributed by atoms with Gasteiger partial charge in [0.1, 0.15) is 0 Å². The minimum atomic E-state index is -0.221. The summed E-state index contributed by atoms with van der Waals surface area (Å²) in [6.45, 7) is 1.76. The molecular weight excluding hydrogens is 404 g/mol. The van der Waals surface area contributed by atoms with Crippen molar-refractivity contribution in [2.75, 3.05) is 10.6 Å². The zero-order valence-electron chi connectivity index (χ0n) is 16.4. The molecule has 0 aliphatic rings. The second-order valence-corrected chi connectivity index (χ2v) is 7.13. The molecule has 154 valence electrons. The van der Waals surface area contributed by atoms with Crippen molar-refractivity contribution in [1.29, 1.82) is 0 Å². The third-order valence-corrected chi connectivity index (χ3v) is 4.52. The highest BCUT2D eigenvalue weighted by Gasteiger charge is 2.07. The van der Waals surface area contributed by atoms with Gasteiger partial charge in [-0.2, -0.15) is 5.10 Å². The van der Waals surface area contributed by atoms with Crippen LogP contribution in [0.15, 0.2) is 65.5 Å². The molecule has 0 atom stereocenters. The first-order valence-electron chi connectivity index (χ1n) is 9.42. The Kier molecular flexibility index (Phi) is 6.98. The molecule has 2 amide bonds. The lowest BCUT2D eigenvalue weighted by molar-refractivity contribution is -0.116. The van der Waals surface area contributed by atoms with Crippen LogP contribution >= 0.6 is 11.6 Å². The number of carbonyl (C=O) groups excluding carboxylic acids is 2. The Hall–Kier alpha value is -3.45. The summed E-state index contributed by atoms with van der Waals surface area (Å²) in [4.78, 5) is 35.3. The van der Waals surface area contributed by atoms with Gasteiger partial charge in [-0.25, -0.2) is 4.68 Å². The largest absolute Gasteiger partial charge is 0.326 e. The third-order valence-electron chi connectivity index (χ3n) is 4.27. The molecule has 0 saturated heterocycles. The van der Waals surface area contributed by atoms with Crippen LogP contribution in [0, 0.1) is 0 Å². The Bertz CT molecular complexity index is 1090. The second kappa shape index (κ2) is 9.84. The molecule has 0 unspecified atom stereocenters. The highest BCUT2D eigenvalue weighted by molar-refractivity contribution is 6.30. The second-order valence-electron chi connectivity index (χ2n) is 6.70. The average Bonchev–Trinajstić information content (AvgIpc) is 2.71. The van der Waals surface area contributed by atoms with E-state index in [0.717, 1.165) is 5.56 Å². The van der Waals surface area contributed by atoms with E-state index >= 15 is 0 Å². The standard InChI is InChI=1S/C22H21ClN4O3/c1-15(28)24-18-8-10-19(11-9-18)25-21(29)3-2-14-27-22(30)13-12-20(26-27)16-4-6-17(23)7-5-16/h4-13H,2-3,14H2,1H3,(H,24,28)(H,25,29). The molecule has 7 nitrogen and oxygen atoms in total. The average molecular weight is 425 g/mol. The van der Waals surface area contributed by atoms with E-state index in [1.807, 2.05) is 12.1 Å². The number of rotatable bonds is 7. The molecule has 0 aliphatic carbocycles. The quantitative estimate of drug-likeness (QED) is 0.600. The van der Waals surface area contributed by atoms with Gasteiger partial charge in [0.15, 0.2) is 0 Å². The van der Waals surface area contributed by atoms with Crippen LogP contribution in [0.25, 0.3) is 11.3 Å². The maximum Gasteiger partial charge on any atom is 0.266 e. The van der Waals surface area contributed by atoms with E-state index in [1.165, 1.54) is 17.7 Å². The van der Waals surface area contributed by atoms with Crippen LogP contribution in [0.5, 0.6) is 0 Å². The van der Waals surface area contributed by atoms with Crippen LogP contribution in [0.3, 0.4) is 0 Å². The Morgan fingerprint density at radius 3 is 2.20 bits per heavy atom. The fourth-order valence-corrected chi connectivity index (χ4v) is 2.96. The molecule has 3 aromatic rings. The molecule has 8 heteroatoms. The fraction of sp³-hybridized carbons (Fsp3) is 0.182. The highest BCUT2D eigenvalue weighted by atomic mass is 35.5. The van der Waals surface area contributed by atoms with Crippen LogP contribution in [-0.4, -0.2) is 21.6 Å². The summed E-state index contributed by atoms with van der Waals surface area (Å²) in [7, 11) is 0. The van der Waals surface area contributed by atoms with Crippen molar-refractivity contribution in [3.05, 3.63) is 76.0 Å². The third kappa shape index (κ3) is 6.02. The summed E-state index contributed by atoms with van der Waals surface area (Å²) < 4.78 is 1.36. The number of benzene rings is 2. The maximum absolute atomic E-state index is 12.2. The van der Waals surface area contributed by atoms with Crippen molar-refractivity contribution in [2.45, 2.75) is 26.3 Å². The van der Waals surface area contributed by atoms with E-state index in [1.54, 1.807) is 42.5 Å². The summed E-state index contributed by atoms with van der Waals surface area (Å²) >= 11 is 5.91. The first kappa shape index (κ1) is 21.3. The van der Waals surface area contributed by atoms with Crippen LogP contribution in [0.4, 0.5) is 11.4 Å². The zero-order valence-corrected chi connectivity index (χ0v) is 17.1. The minimum absolute atomic E-state index is 0.157. The molecule has 0 spiro atoms. The molecule has 0 fully saturated rings. The number of aryl methyl sites for hydroxylation is 1. The Morgan fingerprint density at radius 2 is 1.57 bits per heavy atom. The number of carbonyl (C=O) groups is 2. The van der Waals surface area contributed by atoms with Gasteiger partial charge in [-0.15, -0.1) is 0 Å². The topological polar surface area (TPSA) is 93.1 Å². The molecule has 1 aromatic heterocycles. The van der Waals surface area contributed by atoms with E-state index in [2.05, 4.69) is 15.7 Å². The van der Waals surface area contributed by atoms with Gasteiger partial charge in [-0.05, 0) is 48.9 Å². The number of halogens is 1. The van der Waals surface area contributed by atoms with Gasteiger partial charge in [0.05, 0.1) is 5.69 Å². The lowest BCUT2D eigenvalue weighted by atomic mass is 10.1. The first-order chi connectivity index (χ1) is 14.4. The lowest BCUT2D eigenvalue weighted by Gasteiger charge is -2.09. The summed E-state index contributed by atoms with van der Waals surface area (Å²) in [6.07, 6.45) is 0.708. The fourth-order valence-electron chi connectivity index (χ4n) is 2.84. The molecule has 1 heterocycles. The lowest BCUT2D eigenvalue weighted by Crippen LogP contribution is -2.23. The normalized spacial score (nSPS) is 10.5. The summed E-state index contributed by atoms with van der Waals surface area (Å²) in [5.74, 6) is -0.319. The molecule has 0 radical (unpaired) electrons. The van der Waals surface area contributed by atoms with Crippen molar-refractivity contribution in [3.63, 3.8) is 0 Å². The van der Waals surface area contributed by atoms with Gasteiger partial charge in [0.25, 0.3) is 5.56 Å². The van der Waals surface area contributed by atoms with E-state index < -0.39 is 0 Å². The molecule has 0 aliphatic heterocycles. The van der Waals surface area contributed by atoms with Crippen molar-refractivity contribution >= 4 is 34.8 Å². The summed E-state index contributed by atoms with van der Waals surface area (Å²) in [5, 5.41) is 10.5. The van der Waals surface area contributed by atoms with E-state index in [9.17, 15) is 14.4 Å². The van der Waals surface area contributed by atoms with Crippen molar-refractivity contribution in [3.8, 4) is 11.3 Å². The summed E-state index contributed by atoms with van der Waals surface area (Å²) in [6, 6.07) is 17.2. The van der Waals surface area contributed by atoms with Crippen LogP contribution < -0.4 is 16.2 Å². The number of nitrogens with zero attached hydrogens (tertiary/aromatic N) is 2. The van der Waals surface area contributed by atoms with E-state index in [0.29, 0.717) is 35.1 Å². The van der Waals surface area contributed by atoms with Gasteiger partial charge in [0.2, 0.25) is 11.8 Å². The van der Waals surface area contributed by atoms with Gasteiger partial charge in [0, 0.05) is 47.9 Å².